The number of rotatable bonds is 3. The molecule has 4 nitrogen and oxygen atoms in total. The standard InChI is InChI=1S/C14H8F2N4S2/c15-7-3-1-5-9-11(7)19-13(17-9)21-22-14-18-10-6-2-4-8(16)12(10)20-14/h1-6H,(H,17,19)(H,18,20). The Labute approximate surface area is 131 Å². The molecule has 2 aromatic carbocycles. The summed E-state index contributed by atoms with van der Waals surface area (Å²) in [6.07, 6.45) is 0. The van der Waals surface area contributed by atoms with E-state index in [1.807, 2.05) is 0 Å². The molecule has 22 heavy (non-hydrogen) atoms. The molecule has 2 aromatic heterocycles. The number of aromatic nitrogens is 4. The lowest BCUT2D eigenvalue weighted by Gasteiger charge is -1.91. The van der Waals surface area contributed by atoms with Gasteiger partial charge in [-0.3, -0.25) is 0 Å². The van der Waals surface area contributed by atoms with E-state index in [0.29, 0.717) is 32.4 Å². The van der Waals surface area contributed by atoms with Crippen LogP contribution in [0.3, 0.4) is 0 Å². The molecule has 0 spiro atoms. The second-order valence-corrected chi connectivity index (χ2v) is 6.63. The van der Waals surface area contributed by atoms with E-state index in [2.05, 4.69) is 19.9 Å². The molecule has 0 saturated carbocycles. The van der Waals surface area contributed by atoms with Crippen LogP contribution in [0.25, 0.3) is 22.1 Å². The van der Waals surface area contributed by atoms with E-state index in [1.165, 1.54) is 33.7 Å². The molecule has 4 aromatic rings. The van der Waals surface area contributed by atoms with Gasteiger partial charge in [-0.15, -0.1) is 0 Å². The molecular formula is C14H8F2N4S2. The minimum Gasteiger partial charge on any atom is -0.332 e. The Morgan fingerprint density at radius 2 is 1.18 bits per heavy atom. The Morgan fingerprint density at radius 1 is 0.727 bits per heavy atom. The molecule has 8 heteroatoms. The zero-order valence-electron chi connectivity index (χ0n) is 10.9. The average Bonchev–Trinajstić information content (AvgIpc) is 3.10. The number of halogens is 2. The highest BCUT2D eigenvalue weighted by Crippen LogP contribution is 2.36. The van der Waals surface area contributed by atoms with Gasteiger partial charge in [0.25, 0.3) is 0 Å². The third-order valence-electron chi connectivity index (χ3n) is 3.08. The van der Waals surface area contributed by atoms with Gasteiger partial charge >= 0.3 is 0 Å². The maximum absolute atomic E-state index is 13.6. The minimum atomic E-state index is -0.364. The summed E-state index contributed by atoms with van der Waals surface area (Å²) in [5, 5.41) is 1.12. The number of imidazole rings is 2. The monoisotopic (exact) mass is 334 g/mol. The highest BCUT2D eigenvalue weighted by molar-refractivity contribution is 8.76. The number of benzene rings is 2. The van der Waals surface area contributed by atoms with E-state index in [9.17, 15) is 8.78 Å². The van der Waals surface area contributed by atoms with E-state index < -0.39 is 0 Å². The topological polar surface area (TPSA) is 57.4 Å². The molecule has 0 unspecified atom stereocenters. The first-order chi connectivity index (χ1) is 10.7. The largest absolute Gasteiger partial charge is 0.332 e. The summed E-state index contributed by atoms with van der Waals surface area (Å²) in [5.41, 5.74) is 1.89. The SMILES string of the molecule is Fc1cccc2[nH]c(SSc3nc4c(F)cccc4[nH]3)nc12. The van der Waals surface area contributed by atoms with Crippen LogP contribution in [0, 0.1) is 11.6 Å². The fourth-order valence-corrected chi connectivity index (χ4v) is 3.77. The third kappa shape index (κ3) is 2.34. The molecule has 0 saturated heterocycles. The Hall–Kier alpha value is -2.06. The first-order valence-electron chi connectivity index (χ1n) is 6.34. The van der Waals surface area contributed by atoms with Crippen LogP contribution in [0.1, 0.15) is 0 Å². The van der Waals surface area contributed by atoms with Gasteiger partial charge in [-0.05, 0) is 45.9 Å². The molecular weight excluding hydrogens is 326 g/mol. The van der Waals surface area contributed by atoms with Crippen molar-refractivity contribution in [3.8, 4) is 0 Å². The number of aromatic amines is 2. The van der Waals surface area contributed by atoms with Crippen LogP contribution in [0.4, 0.5) is 8.78 Å². The lowest BCUT2D eigenvalue weighted by molar-refractivity contribution is 0.636. The zero-order chi connectivity index (χ0) is 15.1. The third-order valence-corrected chi connectivity index (χ3v) is 5.07. The van der Waals surface area contributed by atoms with Crippen LogP contribution >= 0.6 is 21.6 Å². The molecule has 0 bridgehead atoms. The normalized spacial score (nSPS) is 11.5. The molecule has 0 atom stereocenters. The van der Waals surface area contributed by atoms with Crippen molar-refractivity contribution in [1.82, 2.24) is 19.9 Å². The van der Waals surface area contributed by atoms with Gasteiger partial charge in [-0.2, -0.15) is 0 Å². The van der Waals surface area contributed by atoms with Crippen molar-refractivity contribution in [2.75, 3.05) is 0 Å². The van der Waals surface area contributed by atoms with Gasteiger partial charge in [0.05, 0.1) is 11.0 Å². The zero-order valence-corrected chi connectivity index (χ0v) is 12.6. The predicted molar refractivity (Wildman–Crippen MR) is 83.8 cm³/mol. The molecule has 0 aliphatic heterocycles. The quantitative estimate of drug-likeness (QED) is 0.541. The predicted octanol–water partition coefficient (Wildman–Crippen LogP) is 4.52. The van der Waals surface area contributed by atoms with Gasteiger partial charge in [0, 0.05) is 0 Å². The molecule has 4 rings (SSSR count). The molecule has 0 amide bonds. The maximum atomic E-state index is 13.6. The fourth-order valence-electron chi connectivity index (χ4n) is 2.11. The van der Waals surface area contributed by atoms with Crippen LogP contribution in [0.5, 0.6) is 0 Å². The van der Waals surface area contributed by atoms with Gasteiger partial charge < -0.3 is 9.97 Å². The van der Waals surface area contributed by atoms with Gasteiger partial charge in [0.2, 0.25) is 0 Å². The van der Waals surface area contributed by atoms with E-state index >= 15 is 0 Å². The summed E-state index contributed by atoms with van der Waals surface area (Å²) in [5.74, 6) is -0.729. The highest BCUT2D eigenvalue weighted by Gasteiger charge is 2.11. The summed E-state index contributed by atoms with van der Waals surface area (Å²) in [4.78, 5) is 14.4. The van der Waals surface area contributed by atoms with Crippen LogP contribution in [0.2, 0.25) is 0 Å². The Bertz CT molecular complexity index is 899. The van der Waals surface area contributed by atoms with Crippen molar-refractivity contribution in [1.29, 1.82) is 0 Å². The van der Waals surface area contributed by atoms with Crippen molar-refractivity contribution < 1.29 is 8.78 Å². The number of hydrogen-bond donors (Lipinski definition) is 2. The summed E-state index contributed by atoms with van der Waals surface area (Å²) in [7, 11) is 2.59. The molecule has 110 valence electrons. The number of hydrogen-bond acceptors (Lipinski definition) is 4. The highest BCUT2D eigenvalue weighted by atomic mass is 33.1. The molecule has 2 heterocycles. The van der Waals surface area contributed by atoms with Gasteiger partial charge in [0.1, 0.15) is 11.0 Å². The van der Waals surface area contributed by atoms with Gasteiger partial charge in [-0.25, -0.2) is 18.7 Å². The molecule has 2 N–H and O–H groups in total. The van der Waals surface area contributed by atoms with Crippen LogP contribution in [0.15, 0.2) is 46.7 Å². The number of nitrogens with zero attached hydrogens (tertiary/aromatic N) is 2. The smallest absolute Gasteiger partial charge is 0.177 e. The Kier molecular flexibility index (Phi) is 3.27. The molecule has 0 aliphatic rings. The average molecular weight is 334 g/mol. The summed E-state index contributed by atoms with van der Waals surface area (Å²) in [6.45, 7) is 0. The number of fused-ring (bicyclic) bond motifs is 2. The molecule has 0 aliphatic carbocycles. The first-order valence-corrected chi connectivity index (χ1v) is 8.49. The van der Waals surface area contributed by atoms with Crippen LogP contribution in [-0.4, -0.2) is 19.9 Å². The van der Waals surface area contributed by atoms with E-state index in [1.54, 1.807) is 24.3 Å². The number of nitrogens with one attached hydrogen (secondary N) is 2. The van der Waals surface area contributed by atoms with Crippen molar-refractivity contribution in [3.05, 3.63) is 48.0 Å². The Balaban J connectivity index is 1.60. The number of para-hydroxylation sites is 2. The lowest BCUT2D eigenvalue weighted by Crippen LogP contribution is -1.76. The van der Waals surface area contributed by atoms with Gasteiger partial charge in [-0.1, -0.05) is 12.1 Å². The second-order valence-electron chi connectivity index (χ2n) is 4.52. The second kappa shape index (κ2) is 5.29. The van der Waals surface area contributed by atoms with Crippen molar-refractivity contribution in [2.45, 2.75) is 10.3 Å². The maximum Gasteiger partial charge on any atom is 0.177 e. The van der Waals surface area contributed by atoms with Crippen molar-refractivity contribution in [2.24, 2.45) is 0 Å². The van der Waals surface area contributed by atoms with E-state index in [4.69, 9.17) is 0 Å². The van der Waals surface area contributed by atoms with Crippen molar-refractivity contribution >= 4 is 43.7 Å². The summed E-state index contributed by atoms with van der Waals surface area (Å²) < 4.78 is 27.2. The van der Waals surface area contributed by atoms with E-state index in [-0.39, 0.29) is 11.6 Å². The van der Waals surface area contributed by atoms with Crippen molar-refractivity contribution in [3.63, 3.8) is 0 Å². The van der Waals surface area contributed by atoms with Crippen LogP contribution in [-0.2, 0) is 0 Å². The first kappa shape index (κ1) is 13.6. The Morgan fingerprint density at radius 3 is 1.59 bits per heavy atom. The summed E-state index contributed by atoms with van der Waals surface area (Å²) in [6, 6.07) is 9.51. The van der Waals surface area contributed by atoms with Gasteiger partial charge in [0.15, 0.2) is 21.9 Å². The summed E-state index contributed by atoms with van der Waals surface area (Å²) >= 11 is 0. The minimum absolute atomic E-state index is 0.307. The molecule has 0 radical (unpaired) electrons. The molecule has 0 fully saturated rings. The fraction of sp³-hybridized carbons (Fsp3) is 0. The van der Waals surface area contributed by atoms with Crippen LogP contribution < -0.4 is 0 Å². The lowest BCUT2D eigenvalue weighted by atomic mass is 10.3. The number of H-pyrrole nitrogens is 2. The van der Waals surface area contributed by atoms with E-state index in [0.717, 1.165) is 0 Å².